The van der Waals surface area contributed by atoms with E-state index in [1.54, 1.807) is 28.9 Å². The molecular weight excluding hydrogens is 494 g/mol. The largest absolute Gasteiger partial charge is 0.494 e. The molecule has 0 saturated carbocycles. The molecule has 1 aromatic heterocycles. The minimum Gasteiger partial charge on any atom is -0.494 e. The molecule has 1 N–H and O–H groups in total. The van der Waals surface area contributed by atoms with Crippen molar-refractivity contribution in [1.29, 1.82) is 0 Å². The van der Waals surface area contributed by atoms with Crippen molar-refractivity contribution in [2.45, 2.75) is 52.7 Å². The number of aromatic nitrogens is 3. The molecule has 0 unspecified atom stereocenters. The Labute approximate surface area is 228 Å². The number of carbonyl (C=O) groups excluding carboxylic acids is 2. The van der Waals surface area contributed by atoms with Crippen LogP contribution in [0.5, 0.6) is 11.5 Å². The molecule has 1 atom stereocenters. The van der Waals surface area contributed by atoms with Gasteiger partial charge in [0.1, 0.15) is 29.6 Å². The van der Waals surface area contributed by atoms with Crippen LogP contribution in [0.25, 0.3) is 11.0 Å². The zero-order valence-electron chi connectivity index (χ0n) is 23.0. The van der Waals surface area contributed by atoms with Crippen LogP contribution >= 0.6 is 0 Å². The van der Waals surface area contributed by atoms with Gasteiger partial charge in [-0.2, -0.15) is 0 Å². The smallest absolute Gasteiger partial charge is 0.249 e. The molecule has 0 aliphatic heterocycles. The van der Waals surface area contributed by atoms with Crippen LogP contribution in [-0.2, 0) is 16.1 Å². The second-order valence-corrected chi connectivity index (χ2v) is 10.1. The van der Waals surface area contributed by atoms with Gasteiger partial charge in [0.25, 0.3) is 0 Å². The standard InChI is InChI=1S/C30H35N5O4/c1-6-38-23-16-12-21(13-17-23)28(29(37)31-30(3,4)5)35(22-14-18-24(19-15-22)39-7-2)27(36)20-34-26-11-9-8-10-25(26)32-33-34/h8-19,28H,6-7,20H2,1-5H3,(H,31,37)/t28-/m0/s1. The first-order valence-electron chi connectivity index (χ1n) is 13.1. The summed E-state index contributed by atoms with van der Waals surface area (Å²) in [6.45, 7) is 10.5. The van der Waals surface area contributed by atoms with E-state index in [9.17, 15) is 9.59 Å². The topological polar surface area (TPSA) is 98.6 Å². The highest BCUT2D eigenvalue weighted by molar-refractivity contribution is 6.01. The van der Waals surface area contributed by atoms with Gasteiger partial charge in [0, 0.05) is 11.2 Å². The van der Waals surface area contributed by atoms with E-state index in [0.29, 0.717) is 41.5 Å². The normalized spacial score (nSPS) is 12.1. The first-order chi connectivity index (χ1) is 18.7. The fourth-order valence-corrected chi connectivity index (χ4v) is 4.31. The number of para-hydroxylation sites is 1. The number of nitrogens with zero attached hydrogens (tertiary/aromatic N) is 4. The van der Waals surface area contributed by atoms with Gasteiger partial charge in [-0.15, -0.1) is 5.10 Å². The SMILES string of the molecule is CCOc1ccc([C@@H](C(=O)NC(C)(C)C)N(C(=O)Cn2nnc3ccccc32)c2ccc(OCC)cc2)cc1. The van der Waals surface area contributed by atoms with Crippen LogP contribution in [0.15, 0.2) is 72.8 Å². The molecule has 0 aliphatic carbocycles. The summed E-state index contributed by atoms with van der Waals surface area (Å²) in [5, 5.41) is 11.4. The summed E-state index contributed by atoms with van der Waals surface area (Å²) >= 11 is 0. The first-order valence-corrected chi connectivity index (χ1v) is 13.1. The fraction of sp³-hybridized carbons (Fsp3) is 0.333. The van der Waals surface area contributed by atoms with E-state index in [1.165, 1.54) is 4.90 Å². The second-order valence-electron chi connectivity index (χ2n) is 10.1. The molecule has 9 nitrogen and oxygen atoms in total. The van der Waals surface area contributed by atoms with E-state index in [1.807, 2.05) is 83.1 Å². The lowest BCUT2D eigenvalue weighted by atomic mass is 10.0. The van der Waals surface area contributed by atoms with Crippen molar-refractivity contribution in [2.24, 2.45) is 0 Å². The minimum atomic E-state index is -0.958. The molecule has 0 bridgehead atoms. The molecule has 0 fully saturated rings. The molecule has 9 heteroatoms. The number of nitrogens with one attached hydrogen (secondary N) is 1. The van der Waals surface area contributed by atoms with E-state index < -0.39 is 11.6 Å². The summed E-state index contributed by atoms with van der Waals surface area (Å²) in [5.74, 6) is 0.729. The van der Waals surface area contributed by atoms with Crippen molar-refractivity contribution in [3.8, 4) is 11.5 Å². The number of rotatable bonds is 10. The van der Waals surface area contributed by atoms with Crippen molar-refractivity contribution in [3.05, 3.63) is 78.4 Å². The summed E-state index contributed by atoms with van der Waals surface area (Å²) in [6, 6.07) is 20.9. The Morgan fingerprint density at radius 1 is 0.897 bits per heavy atom. The highest BCUT2D eigenvalue weighted by Crippen LogP contribution is 2.31. The molecule has 204 valence electrons. The van der Waals surface area contributed by atoms with E-state index >= 15 is 0 Å². The molecule has 2 amide bonds. The first kappa shape index (κ1) is 27.6. The van der Waals surface area contributed by atoms with E-state index in [-0.39, 0.29) is 18.4 Å². The van der Waals surface area contributed by atoms with E-state index in [2.05, 4.69) is 15.6 Å². The van der Waals surface area contributed by atoms with Crippen LogP contribution in [0.1, 0.15) is 46.2 Å². The molecular formula is C30H35N5O4. The number of fused-ring (bicyclic) bond motifs is 1. The van der Waals surface area contributed by atoms with Crippen LogP contribution < -0.4 is 19.7 Å². The Bertz CT molecular complexity index is 1410. The van der Waals surface area contributed by atoms with E-state index in [4.69, 9.17) is 9.47 Å². The summed E-state index contributed by atoms with van der Waals surface area (Å²) in [5.41, 5.74) is 2.10. The quantitative estimate of drug-likeness (QED) is 0.313. The predicted molar refractivity (Wildman–Crippen MR) is 151 cm³/mol. The van der Waals surface area contributed by atoms with Crippen LogP contribution in [0.4, 0.5) is 5.69 Å². The highest BCUT2D eigenvalue weighted by atomic mass is 16.5. The molecule has 0 saturated heterocycles. The van der Waals surface area contributed by atoms with Gasteiger partial charge >= 0.3 is 0 Å². The second kappa shape index (κ2) is 12.0. The number of carbonyl (C=O) groups is 2. The van der Waals surface area contributed by atoms with Crippen molar-refractivity contribution >= 4 is 28.5 Å². The lowest BCUT2D eigenvalue weighted by molar-refractivity contribution is -0.128. The summed E-state index contributed by atoms with van der Waals surface area (Å²) in [4.78, 5) is 29.5. The number of amides is 2. The average molecular weight is 530 g/mol. The molecule has 4 rings (SSSR count). The Balaban J connectivity index is 1.80. The summed E-state index contributed by atoms with van der Waals surface area (Å²) < 4.78 is 12.8. The highest BCUT2D eigenvalue weighted by Gasteiger charge is 2.35. The summed E-state index contributed by atoms with van der Waals surface area (Å²) in [6.07, 6.45) is 0. The Morgan fingerprint density at radius 3 is 2.08 bits per heavy atom. The minimum absolute atomic E-state index is 0.107. The monoisotopic (exact) mass is 529 g/mol. The van der Waals surface area contributed by atoms with Crippen LogP contribution in [0, 0.1) is 0 Å². The van der Waals surface area contributed by atoms with Gasteiger partial charge in [-0.1, -0.05) is 29.5 Å². The van der Waals surface area contributed by atoms with Gasteiger partial charge in [0.15, 0.2) is 0 Å². The van der Waals surface area contributed by atoms with Gasteiger partial charge in [-0.25, -0.2) is 4.68 Å². The van der Waals surface area contributed by atoms with Gasteiger partial charge < -0.3 is 14.8 Å². The van der Waals surface area contributed by atoms with Gasteiger partial charge in [-0.3, -0.25) is 14.5 Å². The number of ether oxygens (including phenoxy) is 2. The average Bonchev–Trinajstić information content (AvgIpc) is 3.30. The zero-order chi connectivity index (χ0) is 28.0. The van der Waals surface area contributed by atoms with Gasteiger partial charge in [-0.05, 0) is 88.7 Å². The predicted octanol–water partition coefficient (Wildman–Crippen LogP) is 4.92. The van der Waals surface area contributed by atoms with E-state index in [0.717, 1.165) is 5.52 Å². The molecule has 4 aromatic rings. The third kappa shape index (κ3) is 6.73. The molecule has 0 radical (unpaired) electrons. The lowest BCUT2D eigenvalue weighted by Crippen LogP contribution is -2.50. The van der Waals surface area contributed by atoms with Gasteiger partial charge in [0.2, 0.25) is 11.8 Å². The molecule has 0 spiro atoms. The Hall–Kier alpha value is -4.40. The fourth-order valence-electron chi connectivity index (χ4n) is 4.31. The summed E-state index contributed by atoms with van der Waals surface area (Å²) in [7, 11) is 0. The molecule has 1 heterocycles. The third-order valence-corrected chi connectivity index (χ3v) is 5.91. The van der Waals surface area contributed by atoms with Crippen molar-refractivity contribution in [2.75, 3.05) is 18.1 Å². The lowest BCUT2D eigenvalue weighted by Gasteiger charge is -2.34. The number of benzene rings is 3. The number of hydrogen-bond donors (Lipinski definition) is 1. The van der Waals surface area contributed by atoms with Crippen molar-refractivity contribution < 1.29 is 19.1 Å². The Kier molecular flexibility index (Phi) is 8.49. The Morgan fingerprint density at radius 2 is 1.49 bits per heavy atom. The van der Waals surface area contributed by atoms with Gasteiger partial charge in [0.05, 0.1) is 18.7 Å². The zero-order valence-corrected chi connectivity index (χ0v) is 23.0. The third-order valence-electron chi connectivity index (χ3n) is 5.91. The maximum Gasteiger partial charge on any atom is 0.249 e. The van der Waals surface area contributed by atoms with Crippen LogP contribution in [0.3, 0.4) is 0 Å². The maximum atomic E-state index is 14.1. The molecule has 3 aromatic carbocycles. The van der Waals surface area contributed by atoms with Crippen molar-refractivity contribution in [3.63, 3.8) is 0 Å². The molecule has 0 aliphatic rings. The maximum absolute atomic E-state index is 14.1. The number of anilines is 1. The molecule has 39 heavy (non-hydrogen) atoms. The number of hydrogen-bond acceptors (Lipinski definition) is 6. The van der Waals surface area contributed by atoms with Crippen LogP contribution in [0.2, 0.25) is 0 Å². The van der Waals surface area contributed by atoms with Crippen LogP contribution in [-0.4, -0.2) is 45.6 Å². The van der Waals surface area contributed by atoms with Crippen molar-refractivity contribution in [1.82, 2.24) is 20.3 Å².